The molecule has 7 nitrogen and oxygen atoms in total. The molecule has 0 radical (unpaired) electrons. The van der Waals surface area contributed by atoms with E-state index in [0.29, 0.717) is 32.1 Å². The first-order valence-electron chi connectivity index (χ1n) is 6.55. The lowest BCUT2D eigenvalue weighted by molar-refractivity contribution is 0.445. The second-order valence-electron chi connectivity index (χ2n) is 4.55. The topological polar surface area (TPSA) is 86.9 Å². The van der Waals surface area contributed by atoms with E-state index in [-0.39, 0.29) is 29.7 Å². The summed E-state index contributed by atoms with van der Waals surface area (Å²) in [4.78, 5) is 4.08. The lowest BCUT2D eigenvalue weighted by Gasteiger charge is -2.16. The SMILES string of the molecule is CN=C(NCCN1CCCS1(=O)=O)NCc1ccoc1.I. The number of furan rings is 1. The number of guanidine groups is 1. The molecule has 2 N–H and O–H groups in total. The molecule has 1 aliphatic rings. The van der Waals surface area contributed by atoms with Crippen molar-refractivity contribution in [3.63, 3.8) is 0 Å². The summed E-state index contributed by atoms with van der Waals surface area (Å²) in [6, 6.07) is 1.87. The van der Waals surface area contributed by atoms with Crippen LogP contribution in [0.1, 0.15) is 12.0 Å². The molecular formula is C12H21IN4O3S. The third-order valence-electron chi connectivity index (χ3n) is 3.12. The van der Waals surface area contributed by atoms with E-state index < -0.39 is 10.0 Å². The van der Waals surface area contributed by atoms with E-state index in [0.717, 1.165) is 12.0 Å². The number of aliphatic imine (C=N–C) groups is 1. The van der Waals surface area contributed by atoms with Crippen LogP contribution in [0.2, 0.25) is 0 Å². The molecule has 1 aromatic rings. The van der Waals surface area contributed by atoms with Crippen LogP contribution in [-0.2, 0) is 16.6 Å². The number of halogens is 1. The number of nitrogens with zero attached hydrogens (tertiary/aromatic N) is 2. The molecule has 0 spiro atoms. The van der Waals surface area contributed by atoms with Crippen LogP contribution in [-0.4, -0.2) is 51.1 Å². The number of nitrogens with one attached hydrogen (secondary N) is 2. The van der Waals surface area contributed by atoms with Crippen LogP contribution in [0.5, 0.6) is 0 Å². The normalized spacial score (nSPS) is 18.2. The first kappa shape index (κ1) is 18.2. The lowest BCUT2D eigenvalue weighted by Crippen LogP contribution is -2.41. The molecule has 1 saturated heterocycles. The van der Waals surface area contributed by atoms with Gasteiger partial charge < -0.3 is 15.1 Å². The minimum atomic E-state index is -3.02. The van der Waals surface area contributed by atoms with Gasteiger partial charge in [-0.3, -0.25) is 4.99 Å². The standard InChI is InChI=1S/C12H20N4O3S.HI/c1-13-12(15-9-11-3-7-19-10-11)14-4-6-16-5-2-8-20(16,17)18;/h3,7,10H,2,4-6,8-9H2,1H3,(H2,13,14,15);1H. The van der Waals surface area contributed by atoms with Gasteiger partial charge >= 0.3 is 0 Å². The number of hydrogen-bond acceptors (Lipinski definition) is 4. The molecule has 0 atom stereocenters. The molecule has 0 aliphatic carbocycles. The van der Waals surface area contributed by atoms with E-state index in [1.54, 1.807) is 19.6 Å². The Labute approximate surface area is 142 Å². The maximum Gasteiger partial charge on any atom is 0.214 e. The molecule has 21 heavy (non-hydrogen) atoms. The van der Waals surface area contributed by atoms with Gasteiger partial charge in [-0.15, -0.1) is 24.0 Å². The molecule has 1 aliphatic heterocycles. The molecule has 0 unspecified atom stereocenters. The number of hydrogen-bond donors (Lipinski definition) is 2. The van der Waals surface area contributed by atoms with Gasteiger partial charge in [0.05, 0.1) is 18.3 Å². The smallest absolute Gasteiger partial charge is 0.214 e. The van der Waals surface area contributed by atoms with Crippen molar-refractivity contribution in [2.45, 2.75) is 13.0 Å². The Morgan fingerprint density at radius 3 is 2.86 bits per heavy atom. The third-order valence-corrected chi connectivity index (χ3v) is 5.08. The average molecular weight is 428 g/mol. The Morgan fingerprint density at radius 1 is 1.48 bits per heavy atom. The fourth-order valence-electron chi connectivity index (χ4n) is 2.04. The van der Waals surface area contributed by atoms with E-state index in [9.17, 15) is 8.42 Å². The highest BCUT2D eigenvalue weighted by atomic mass is 127. The van der Waals surface area contributed by atoms with Crippen molar-refractivity contribution in [1.29, 1.82) is 0 Å². The zero-order valence-corrected chi connectivity index (χ0v) is 15.1. The summed E-state index contributed by atoms with van der Waals surface area (Å²) in [7, 11) is -1.34. The van der Waals surface area contributed by atoms with Crippen molar-refractivity contribution in [3.05, 3.63) is 24.2 Å². The molecule has 2 heterocycles. The zero-order valence-electron chi connectivity index (χ0n) is 11.9. The Morgan fingerprint density at radius 2 is 2.29 bits per heavy atom. The van der Waals surface area contributed by atoms with Gasteiger partial charge in [-0.05, 0) is 12.5 Å². The van der Waals surface area contributed by atoms with Crippen molar-refractivity contribution in [2.75, 3.05) is 32.4 Å². The van der Waals surface area contributed by atoms with Crippen LogP contribution >= 0.6 is 24.0 Å². The van der Waals surface area contributed by atoms with Crippen LogP contribution in [0.25, 0.3) is 0 Å². The van der Waals surface area contributed by atoms with Crippen molar-refractivity contribution in [2.24, 2.45) is 4.99 Å². The van der Waals surface area contributed by atoms with Gasteiger partial charge in [0.2, 0.25) is 10.0 Å². The van der Waals surface area contributed by atoms with E-state index in [2.05, 4.69) is 15.6 Å². The van der Waals surface area contributed by atoms with Gasteiger partial charge in [0.25, 0.3) is 0 Å². The lowest BCUT2D eigenvalue weighted by atomic mass is 10.3. The molecule has 0 amide bonds. The molecule has 0 aromatic carbocycles. The zero-order chi connectivity index (χ0) is 14.4. The fraction of sp³-hybridized carbons (Fsp3) is 0.583. The summed E-state index contributed by atoms with van der Waals surface area (Å²) >= 11 is 0. The van der Waals surface area contributed by atoms with Crippen molar-refractivity contribution >= 4 is 40.0 Å². The van der Waals surface area contributed by atoms with Crippen LogP contribution < -0.4 is 10.6 Å². The van der Waals surface area contributed by atoms with E-state index in [1.165, 1.54) is 4.31 Å². The number of sulfonamides is 1. The van der Waals surface area contributed by atoms with Crippen LogP contribution in [0.15, 0.2) is 28.0 Å². The fourth-order valence-corrected chi connectivity index (χ4v) is 3.57. The minimum absolute atomic E-state index is 0. The number of rotatable bonds is 5. The molecule has 2 rings (SSSR count). The van der Waals surface area contributed by atoms with Crippen molar-refractivity contribution in [1.82, 2.24) is 14.9 Å². The summed E-state index contributed by atoms with van der Waals surface area (Å²) in [5.74, 6) is 0.906. The van der Waals surface area contributed by atoms with Gasteiger partial charge in [0.15, 0.2) is 5.96 Å². The maximum absolute atomic E-state index is 11.6. The van der Waals surface area contributed by atoms with Gasteiger partial charge in [0, 0.05) is 38.8 Å². The molecule has 0 saturated carbocycles. The highest BCUT2D eigenvalue weighted by Crippen LogP contribution is 2.11. The van der Waals surface area contributed by atoms with Gasteiger partial charge in [-0.1, -0.05) is 0 Å². The first-order valence-corrected chi connectivity index (χ1v) is 8.16. The van der Waals surface area contributed by atoms with E-state index >= 15 is 0 Å². The molecule has 1 fully saturated rings. The van der Waals surface area contributed by atoms with Crippen molar-refractivity contribution < 1.29 is 12.8 Å². The average Bonchev–Trinajstić information content (AvgIpc) is 3.03. The highest BCUT2D eigenvalue weighted by Gasteiger charge is 2.27. The maximum atomic E-state index is 11.6. The van der Waals surface area contributed by atoms with Crippen molar-refractivity contribution in [3.8, 4) is 0 Å². The summed E-state index contributed by atoms with van der Waals surface area (Å²) in [5.41, 5.74) is 1.02. The van der Waals surface area contributed by atoms with Gasteiger partial charge in [-0.2, -0.15) is 0 Å². The molecular weight excluding hydrogens is 407 g/mol. The Kier molecular flexibility index (Phi) is 7.46. The molecule has 0 bridgehead atoms. The Bertz CT molecular complexity index is 545. The highest BCUT2D eigenvalue weighted by molar-refractivity contribution is 14.0. The predicted octanol–water partition coefficient (Wildman–Crippen LogP) is 0.598. The van der Waals surface area contributed by atoms with Gasteiger partial charge in [0.1, 0.15) is 0 Å². The summed E-state index contributed by atoms with van der Waals surface area (Å²) < 4.78 is 29.8. The van der Waals surface area contributed by atoms with Gasteiger partial charge in [-0.25, -0.2) is 12.7 Å². The first-order chi connectivity index (χ1) is 9.62. The summed E-state index contributed by atoms with van der Waals surface area (Å²) in [5, 5.41) is 6.23. The second-order valence-corrected chi connectivity index (χ2v) is 6.64. The molecule has 120 valence electrons. The molecule has 9 heteroatoms. The van der Waals surface area contributed by atoms with E-state index in [4.69, 9.17) is 4.42 Å². The van der Waals surface area contributed by atoms with Crippen LogP contribution in [0, 0.1) is 0 Å². The second kappa shape index (κ2) is 8.59. The largest absolute Gasteiger partial charge is 0.472 e. The third kappa shape index (κ3) is 5.47. The predicted molar refractivity (Wildman–Crippen MR) is 92.3 cm³/mol. The van der Waals surface area contributed by atoms with Crippen LogP contribution in [0.4, 0.5) is 0 Å². The van der Waals surface area contributed by atoms with Crippen LogP contribution in [0.3, 0.4) is 0 Å². The monoisotopic (exact) mass is 428 g/mol. The Hall–Kier alpha value is -0.810. The summed E-state index contributed by atoms with van der Waals surface area (Å²) in [6.07, 6.45) is 4.00. The minimum Gasteiger partial charge on any atom is -0.472 e. The quantitative estimate of drug-likeness (QED) is 0.408. The Balaban J connectivity index is 0.00000220. The molecule has 1 aromatic heterocycles. The van der Waals surface area contributed by atoms with E-state index in [1.807, 2.05) is 6.07 Å². The summed E-state index contributed by atoms with van der Waals surface area (Å²) in [6.45, 7) is 2.22.